The summed E-state index contributed by atoms with van der Waals surface area (Å²) in [6, 6.07) is 19.3. The van der Waals surface area contributed by atoms with E-state index in [-0.39, 0.29) is 24.1 Å². The zero-order chi connectivity index (χ0) is 21.2. The molecule has 1 aliphatic carbocycles. The highest BCUT2D eigenvalue weighted by Gasteiger charge is 2.36. The average molecular weight is 412 g/mol. The van der Waals surface area contributed by atoms with Crippen LogP contribution in [-0.4, -0.2) is 37.9 Å². The van der Waals surface area contributed by atoms with Crippen LogP contribution in [-0.2, 0) is 27.4 Å². The van der Waals surface area contributed by atoms with E-state index in [1.54, 1.807) is 0 Å². The van der Waals surface area contributed by atoms with Gasteiger partial charge in [0.15, 0.2) is 0 Å². The van der Waals surface area contributed by atoms with Crippen molar-refractivity contribution in [1.82, 2.24) is 10.6 Å². The quantitative estimate of drug-likeness (QED) is 0.458. The molecule has 2 amide bonds. The molecule has 0 spiro atoms. The Balaban J connectivity index is 1.54. The molecule has 0 heterocycles. The Labute approximate surface area is 177 Å². The number of amides is 2. The minimum absolute atomic E-state index is 0.0202. The lowest BCUT2D eigenvalue weighted by molar-refractivity contribution is -0.0189. The largest absolute Gasteiger partial charge is 0.468 e. The summed E-state index contributed by atoms with van der Waals surface area (Å²) in [6.07, 6.45) is 1.43. The molecule has 1 fully saturated rings. The van der Waals surface area contributed by atoms with Gasteiger partial charge in [0.25, 0.3) is 6.02 Å². The molecule has 3 rings (SSSR count). The molecule has 3 N–H and O–H groups in total. The molecule has 0 radical (unpaired) electrons. The van der Waals surface area contributed by atoms with Crippen molar-refractivity contribution in [2.45, 2.75) is 38.2 Å². The second-order valence-electron chi connectivity index (χ2n) is 7.40. The lowest BCUT2D eigenvalue weighted by Crippen LogP contribution is -2.44. The van der Waals surface area contributed by atoms with Crippen molar-refractivity contribution < 1.29 is 19.0 Å². The molecular formula is C23H29N3O4. The molecule has 1 aliphatic rings. The number of urea groups is 1. The summed E-state index contributed by atoms with van der Waals surface area (Å²) in [5.74, 6) is 0.171. The first-order valence-electron chi connectivity index (χ1n) is 10.1. The van der Waals surface area contributed by atoms with E-state index in [2.05, 4.69) is 15.4 Å². The van der Waals surface area contributed by atoms with Crippen molar-refractivity contribution in [1.29, 1.82) is 5.41 Å². The van der Waals surface area contributed by atoms with Crippen molar-refractivity contribution in [2.75, 3.05) is 13.7 Å². The predicted octanol–water partition coefficient (Wildman–Crippen LogP) is 3.45. The smallest absolute Gasteiger partial charge is 0.323 e. The fraction of sp³-hybridized carbons (Fsp3) is 0.391. The maximum atomic E-state index is 12.0. The SMILES string of the molecule is COC(=N)NC(=O)N[C@@H]1C[C@H](COCc2ccccc2)[C@@H](OCc2ccccc2)C1. The van der Waals surface area contributed by atoms with E-state index < -0.39 is 6.03 Å². The van der Waals surface area contributed by atoms with Gasteiger partial charge >= 0.3 is 6.03 Å². The van der Waals surface area contributed by atoms with Gasteiger partial charge in [-0.25, -0.2) is 4.79 Å². The Hall–Kier alpha value is -2.90. The first-order valence-corrected chi connectivity index (χ1v) is 10.1. The van der Waals surface area contributed by atoms with Crippen LogP contribution >= 0.6 is 0 Å². The van der Waals surface area contributed by atoms with Gasteiger partial charge < -0.3 is 19.5 Å². The molecule has 3 atom stereocenters. The van der Waals surface area contributed by atoms with Gasteiger partial charge in [0.05, 0.1) is 33.0 Å². The van der Waals surface area contributed by atoms with Crippen LogP contribution in [0.2, 0.25) is 0 Å². The number of benzene rings is 2. The standard InChI is InChI=1S/C23H29N3O4/c1-28-22(24)26-23(27)25-20-12-19(16-29-14-17-8-4-2-5-9-17)21(13-20)30-15-18-10-6-3-7-11-18/h2-11,19-21H,12-16H2,1H3,(H3,24,25,26,27)/t19-,20-,21+/m1/s1. The topological polar surface area (TPSA) is 92.7 Å². The van der Waals surface area contributed by atoms with Gasteiger partial charge in [0.1, 0.15) is 0 Å². The minimum Gasteiger partial charge on any atom is -0.468 e. The number of hydrogen-bond donors (Lipinski definition) is 3. The van der Waals surface area contributed by atoms with Crippen molar-refractivity contribution in [3.63, 3.8) is 0 Å². The molecule has 0 unspecified atom stereocenters. The normalized spacial score (nSPS) is 20.5. The van der Waals surface area contributed by atoms with E-state index in [9.17, 15) is 4.79 Å². The van der Waals surface area contributed by atoms with E-state index in [1.807, 2.05) is 60.7 Å². The number of rotatable bonds is 8. The molecule has 0 aromatic heterocycles. The first kappa shape index (κ1) is 21.8. The summed E-state index contributed by atoms with van der Waals surface area (Å²) in [7, 11) is 1.34. The lowest BCUT2D eigenvalue weighted by atomic mass is 10.1. The van der Waals surface area contributed by atoms with Crippen molar-refractivity contribution in [2.24, 2.45) is 5.92 Å². The van der Waals surface area contributed by atoms with Crippen LogP contribution in [0, 0.1) is 11.3 Å². The highest BCUT2D eigenvalue weighted by atomic mass is 16.5. The fourth-order valence-electron chi connectivity index (χ4n) is 3.64. The Bertz CT molecular complexity index is 801. The van der Waals surface area contributed by atoms with Gasteiger partial charge in [-0.2, -0.15) is 0 Å². The molecule has 0 saturated heterocycles. The summed E-state index contributed by atoms with van der Waals surface area (Å²) < 4.78 is 16.8. The van der Waals surface area contributed by atoms with Crippen LogP contribution in [0.15, 0.2) is 60.7 Å². The first-order chi connectivity index (χ1) is 14.6. The third-order valence-electron chi connectivity index (χ3n) is 5.15. The summed E-state index contributed by atoms with van der Waals surface area (Å²) in [5, 5.41) is 12.7. The van der Waals surface area contributed by atoms with Crippen LogP contribution in [0.4, 0.5) is 4.79 Å². The van der Waals surface area contributed by atoms with E-state index >= 15 is 0 Å². The molecule has 0 bridgehead atoms. The lowest BCUT2D eigenvalue weighted by Gasteiger charge is -2.20. The number of hydrogen-bond acceptors (Lipinski definition) is 5. The van der Waals surface area contributed by atoms with Gasteiger partial charge in [-0.15, -0.1) is 0 Å². The number of amidine groups is 1. The van der Waals surface area contributed by atoms with Crippen LogP contribution in [0.5, 0.6) is 0 Å². The van der Waals surface area contributed by atoms with Gasteiger partial charge in [-0.1, -0.05) is 60.7 Å². The molecule has 2 aromatic rings. The third kappa shape index (κ3) is 6.86. The molecule has 0 aliphatic heterocycles. The average Bonchev–Trinajstić information content (AvgIpc) is 3.14. The highest BCUT2D eigenvalue weighted by molar-refractivity contribution is 5.91. The highest BCUT2D eigenvalue weighted by Crippen LogP contribution is 2.30. The fourth-order valence-corrected chi connectivity index (χ4v) is 3.64. The van der Waals surface area contributed by atoms with Gasteiger partial charge in [0, 0.05) is 12.0 Å². The summed E-state index contributed by atoms with van der Waals surface area (Å²) in [4.78, 5) is 12.0. The molecule has 2 aromatic carbocycles. The molecule has 1 saturated carbocycles. The monoisotopic (exact) mass is 411 g/mol. The van der Waals surface area contributed by atoms with Gasteiger partial charge in [0.2, 0.25) is 0 Å². The number of nitrogens with one attached hydrogen (secondary N) is 3. The molecule has 160 valence electrons. The van der Waals surface area contributed by atoms with Crippen LogP contribution in [0.1, 0.15) is 24.0 Å². The Kier molecular flexibility index (Phi) is 8.23. The summed E-state index contributed by atoms with van der Waals surface area (Å²) >= 11 is 0. The van der Waals surface area contributed by atoms with Crippen LogP contribution < -0.4 is 10.6 Å². The molecular weight excluding hydrogens is 382 g/mol. The van der Waals surface area contributed by atoms with E-state index in [0.29, 0.717) is 26.2 Å². The zero-order valence-corrected chi connectivity index (χ0v) is 17.2. The van der Waals surface area contributed by atoms with Crippen molar-refractivity contribution in [3.8, 4) is 0 Å². The number of carbonyl (C=O) groups excluding carboxylic acids is 1. The predicted molar refractivity (Wildman–Crippen MR) is 114 cm³/mol. The van der Waals surface area contributed by atoms with Crippen molar-refractivity contribution >= 4 is 12.1 Å². The summed E-state index contributed by atoms with van der Waals surface area (Å²) in [5.41, 5.74) is 2.24. The number of ether oxygens (including phenoxy) is 3. The minimum atomic E-state index is -0.445. The van der Waals surface area contributed by atoms with E-state index in [4.69, 9.17) is 14.9 Å². The second kappa shape index (κ2) is 11.3. The molecule has 30 heavy (non-hydrogen) atoms. The van der Waals surface area contributed by atoms with E-state index in [0.717, 1.165) is 17.5 Å². The Morgan fingerprint density at radius 1 is 1.00 bits per heavy atom. The summed E-state index contributed by atoms with van der Waals surface area (Å²) in [6.45, 7) is 1.63. The molecule has 7 nitrogen and oxygen atoms in total. The zero-order valence-electron chi connectivity index (χ0n) is 17.2. The Morgan fingerprint density at radius 2 is 1.63 bits per heavy atom. The molecule has 7 heteroatoms. The Morgan fingerprint density at radius 3 is 2.27 bits per heavy atom. The van der Waals surface area contributed by atoms with Crippen molar-refractivity contribution in [3.05, 3.63) is 71.8 Å². The second-order valence-corrected chi connectivity index (χ2v) is 7.40. The van der Waals surface area contributed by atoms with Crippen LogP contribution in [0.3, 0.4) is 0 Å². The third-order valence-corrected chi connectivity index (χ3v) is 5.15. The number of carbonyl (C=O) groups is 1. The van der Waals surface area contributed by atoms with Crippen LogP contribution in [0.25, 0.3) is 0 Å². The number of methoxy groups -OCH3 is 1. The van der Waals surface area contributed by atoms with Gasteiger partial charge in [-0.05, 0) is 24.0 Å². The van der Waals surface area contributed by atoms with Gasteiger partial charge in [-0.3, -0.25) is 10.7 Å². The van der Waals surface area contributed by atoms with E-state index in [1.165, 1.54) is 7.11 Å². The maximum absolute atomic E-state index is 12.0. The maximum Gasteiger partial charge on any atom is 0.323 e.